The average molecular weight is 530 g/mol. The number of ether oxygens (including phenoxy) is 1. The average Bonchev–Trinajstić information content (AvgIpc) is 2.95. The van der Waals surface area contributed by atoms with Gasteiger partial charge in [-0.2, -0.15) is 10.1 Å². The van der Waals surface area contributed by atoms with E-state index in [-0.39, 0.29) is 29.8 Å². The van der Waals surface area contributed by atoms with Gasteiger partial charge < -0.3 is 25.2 Å². The van der Waals surface area contributed by atoms with Crippen molar-refractivity contribution in [3.05, 3.63) is 78.0 Å². The minimum atomic E-state index is -0.506. The minimum Gasteiger partial charge on any atom is -0.508 e. The van der Waals surface area contributed by atoms with E-state index in [1.54, 1.807) is 35.2 Å². The molecule has 0 spiro atoms. The van der Waals surface area contributed by atoms with E-state index in [1.807, 2.05) is 31.2 Å². The van der Waals surface area contributed by atoms with Gasteiger partial charge in [0.15, 0.2) is 11.6 Å². The number of aromatic nitrogens is 3. The molecule has 39 heavy (non-hydrogen) atoms. The molecule has 10 nitrogen and oxygen atoms in total. The van der Waals surface area contributed by atoms with Gasteiger partial charge in [-0.15, -0.1) is 5.11 Å². The van der Waals surface area contributed by atoms with E-state index in [9.17, 15) is 14.6 Å². The number of aromatic hydroxyl groups is 2. The maximum absolute atomic E-state index is 14.2. The summed E-state index contributed by atoms with van der Waals surface area (Å²) >= 11 is 0. The fourth-order valence-electron chi connectivity index (χ4n) is 4.27. The van der Waals surface area contributed by atoms with Gasteiger partial charge in [0.2, 0.25) is 0 Å². The van der Waals surface area contributed by atoms with Crippen LogP contribution in [0.4, 0.5) is 27.5 Å². The van der Waals surface area contributed by atoms with Crippen molar-refractivity contribution in [2.45, 2.75) is 19.9 Å². The van der Waals surface area contributed by atoms with E-state index in [0.717, 1.165) is 28.7 Å². The second kappa shape index (κ2) is 11.8. The van der Waals surface area contributed by atoms with Crippen LogP contribution in [-0.4, -0.2) is 51.5 Å². The van der Waals surface area contributed by atoms with Crippen LogP contribution in [0.5, 0.6) is 11.5 Å². The van der Waals surface area contributed by atoms with Gasteiger partial charge in [0, 0.05) is 24.8 Å². The zero-order valence-corrected chi connectivity index (χ0v) is 21.4. The summed E-state index contributed by atoms with van der Waals surface area (Å²) in [4.78, 5) is 14.7. The molecule has 0 aliphatic carbocycles. The number of hydrogen-bond acceptors (Lipinski definition) is 10. The van der Waals surface area contributed by atoms with Gasteiger partial charge >= 0.3 is 0 Å². The fourth-order valence-corrected chi connectivity index (χ4v) is 4.27. The molecule has 0 amide bonds. The molecule has 200 valence electrons. The zero-order valence-electron chi connectivity index (χ0n) is 21.4. The molecule has 1 fully saturated rings. The highest BCUT2D eigenvalue weighted by Crippen LogP contribution is 2.32. The van der Waals surface area contributed by atoms with Crippen molar-refractivity contribution in [2.75, 3.05) is 36.5 Å². The van der Waals surface area contributed by atoms with Gasteiger partial charge in [-0.25, -0.2) is 9.37 Å². The molecule has 3 heterocycles. The molecule has 5 rings (SSSR count). The van der Waals surface area contributed by atoms with Crippen molar-refractivity contribution in [3.8, 4) is 22.6 Å². The molecule has 0 saturated carbocycles. The smallest absolute Gasteiger partial charge is 0.270 e. The van der Waals surface area contributed by atoms with Crippen molar-refractivity contribution in [3.63, 3.8) is 0 Å². The van der Waals surface area contributed by atoms with Gasteiger partial charge in [0.1, 0.15) is 18.0 Å². The van der Waals surface area contributed by atoms with Crippen LogP contribution in [-0.2, 0) is 17.7 Å². The summed E-state index contributed by atoms with van der Waals surface area (Å²) in [5, 5.41) is 31.7. The highest BCUT2D eigenvalue weighted by Gasteiger charge is 2.18. The Hall–Kier alpha value is -4.64. The Morgan fingerprint density at radius 1 is 1.00 bits per heavy atom. The minimum absolute atomic E-state index is 0.0818. The molecule has 0 bridgehead atoms. The molecule has 2 aromatic carbocycles. The van der Waals surface area contributed by atoms with Crippen molar-refractivity contribution in [1.29, 1.82) is 0 Å². The van der Waals surface area contributed by atoms with Gasteiger partial charge in [-0.1, -0.05) is 19.1 Å². The van der Waals surface area contributed by atoms with E-state index in [0.29, 0.717) is 44.1 Å². The lowest BCUT2D eigenvalue weighted by Gasteiger charge is -2.27. The number of nitrogens with zero attached hydrogens (tertiary/aromatic N) is 6. The first-order chi connectivity index (χ1) is 19.0. The Balaban J connectivity index is 1.29. The van der Waals surface area contributed by atoms with E-state index in [1.165, 1.54) is 0 Å². The summed E-state index contributed by atoms with van der Waals surface area (Å²) in [5.41, 5.74) is 4.54. The third-order valence-electron chi connectivity index (χ3n) is 6.16. The predicted molar refractivity (Wildman–Crippen MR) is 145 cm³/mol. The van der Waals surface area contributed by atoms with Gasteiger partial charge in [-0.3, -0.25) is 4.98 Å². The second-order valence-corrected chi connectivity index (χ2v) is 8.93. The van der Waals surface area contributed by atoms with Crippen molar-refractivity contribution < 1.29 is 19.3 Å². The monoisotopic (exact) mass is 529 g/mol. The summed E-state index contributed by atoms with van der Waals surface area (Å²) in [7, 11) is 0. The van der Waals surface area contributed by atoms with E-state index >= 15 is 0 Å². The van der Waals surface area contributed by atoms with E-state index in [4.69, 9.17) is 9.72 Å². The van der Waals surface area contributed by atoms with Crippen LogP contribution >= 0.6 is 0 Å². The number of phenols is 2. The summed E-state index contributed by atoms with van der Waals surface area (Å²) in [6.45, 7) is 4.33. The number of phenolic OH excluding ortho intramolecular Hbond substituents is 2. The Labute approximate surface area is 224 Å². The highest BCUT2D eigenvalue weighted by molar-refractivity contribution is 5.74. The van der Waals surface area contributed by atoms with Gasteiger partial charge in [0.25, 0.3) is 5.95 Å². The normalized spacial score (nSPS) is 13.6. The molecule has 2 aromatic heterocycles. The van der Waals surface area contributed by atoms with Gasteiger partial charge in [0.05, 0.1) is 36.5 Å². The first-order valence-corrected chi connectivity index (χ1v) is 12.6. The lowest BCUT2D eigenvalue weighted by atomic mass is 10.0. The number of aryl methyl sites for hydroxylation is 1. The number of benzene rings is 2. The summed E-state index contributed by atoms with van der Waals surface area (Å²) in [6.07, 6.45) is 1.77. The highest BCUT2D eigenvalue weighted by atomic mass is 19.1. The lowest BCUT2D eigenvalue weighted by molar-refractivity contribution is 0.122. The molecular formula is C28H28FN7O3. The topological polar surface area (TPSA) is 128 Å². The summed E-state index contributed by atoms with van der Waals surface area (Å²) in [6, 6.07) is 15.8. The maximum Gasteiger partial charge on any atom is 0.270 e. The standard InChI is InChI=1S/C28H28FN7O3/c1-2-25-26(33-21-12-19(14-23(38)15-21)18-4-3-5-22(37)13-18)7-6-20(32-25)16-31-35-28-30-17-24(29)27(34-28)36-8-10-39-11-9-36/h3-7,12-15,17,33,37-38H,2,8-11,16H2,1H3. The Kier molecular flexibility index (Phi) is 7.88. The molecular weight excluding hydrogens is 501 g/mol. The number of hydrogen-bond donors (Lipinski definition) is 3. The van der Waals surface area contributed by atoms with Crippen molar-refractivity contribution in [2.24, 2.45) is 10.2 Å². The van der Waals surface area contributed by atoms with Crippen LogP contribution in [0, 0.1) is 5.82 Å². The molecule has 1 saturated heterocycles. The number of anilines is 3. The molecule has 3 N–H and O–H groups in total. The summed E-state index contributed by atoms with van der Waals surface area (Å²) in [5.74, 6) is 0.0239. The number of azo groups is 1. The Bertz CT molecular complexity index is 1490. The zero-order chi connectivity index (χ0) is 27.2. The molecule has 0 unspecified atom stereocenters. The second-order valence-electron chi connectivity index (χ2n) is 8.93. The van der Waals surface area contributed by atoms with Crippen LogP contribution in [0.15, 0.2) is 71.0 Å². The first-order valence-electron chi connectivity index (χ1n) is 12.6. The Morgan fingerprint density at radius 3 is 2.62 bits per heavy atom. The number of halogens is 1. The SMILES string of the molecule is CCc1nc(CN=Nc2ncc(F)c(N3CCOCC3)n2)ccc1Nc1cc(O)cc(-c2cccc(O)c2)c1. The number of nitrogens with one attached hydrogen (secondary N) is 1. The number of rotatable bonds is 8. The largest absolute Gasteiger partial charge is 0.508 e. The molecule has 0 radical (unpaired) electrons. The fraction of sp³-hybridized carbons (Fsp3) is 0.250. The van der Waals surface area contributed by atoms with Gasteiger partial charge in [-0.05, 0) is 53.9 Å². The van der Waals surface area contributed by atoms with Crippen LogP contribution in [0.3, 0.4) is 0 Å². The van der Waals surface area contributed by atoms with Crippen molar-refractivity contribution in [1.82, 2.24) is 15.0 Å². The molecule has 1 aliphatic heterocycles. The van der Waals surface area contributed by atoms with Crippen LogP contribution in [0.1, 0.15) is 18.3 Å². The number of morpholine rings is 1. The summed E-state index contributed by atoms with van der Waals surface area (Å²) < 4.78 is 19.6. The maximum atomic E-state index is 14.2. The Morgan fingerprint density at radius 2 is 1.82 bits per heavy atom. The van der Waals surface area contributed by atoms with E-state index < -0.39 is 5.82 Å². The lowest BCUT2D eigenvalue weighted by Crippen LogP contribution is -2.37. The van der Waals surface area contributed by atoms with E-state index in [2.05, 4.69) is 25.5 Å². The van der Waals surface area contributed by atoms with Crippen LogP contribution in [0.2, 0.25) is 0 Å². The molecule has 0 atom stereocenters. The predicted octanol–water partition coefficient (Wildman–Crippen LogP) is 5.52. The molecule has 11 heteroatoms. The first kappa shape index (κ1) is 26.0. The third-order valence-corrected chi connectivity index (χ3v) is 6.16. The quantitative estimate of drug-likeness (QED) is 0.255. The molecule has 4 aromatic rings. The van der Waals surface area contributed by atoms with Crippen molar-refractivity contribution >= 4 is 23.1 Å². The van der Waals surface area contributed by atoms with Crippen LogP contribution < -0.4 is 10.2 Å². The third kappa shape index (κ3) is 6.44. The molecule has 1 aliphatic rings. The number of pyridine rings is 1. The van der Waals surface area contributed by atoms with Crippen LogP contribution in [0.25, 0.3) is 11.1 Å².